The Morgan fingerprint density at radius 1 is 1.28 bits per heavy atom. The molecule has 1 amide bonds. The number of likely N-dealkylation sites (tertiary alicyclic amines) is 1. The van der Waals surface area contributed by atoms with E-state index in [2.05, 4.69) is 41.0 Å². The monoisotopic (exact) mass is 244 g/mol. The van der Waals surface area contributed by atoms with Crippen LogP contribution < -0.4 is 4.90 Å². The summed E-state index contributed by atoms with van der Waals surface area (Å²) >= 11 is 0. The van der Waals surface area contributed by atoms with Gasteiger partial charge in [0.15, 0.2) is 0 Å². The van der Waals surface area contributed by atoms with Crippen molar-refractivity contribution < 1.29 is 4.79 Å². The van der Waals surface area contributed by atoms with Gasteiger partial charge in [0.2, 0.25) is 5.91 Å². The van der Waals surface area contributed by atoms with Crippen LogP contribution in [-0.4, -0.2) is 36.0 Å². The molecule has 2 atom stereocenters. The van der Waals surface area contributed by atoms with Gasteiger partial charge in [0.1, 0.15) is 0 Å². The van der Waals surface area contributed by atoms with Crippen molar-refractivity contribution >= 4 is 11.6 Å². The maximum absolute atomic E-state index is 11.8. The molecule has 18 heavy (non-hydrogen) atoms. The second kappa shape index (κ2) is 4.30. The molecule has 0 aliphatic carbocycles. The lowest BCUT2D eigenvalue weighted by molar-refractivity contribution is -0.131. The molecule has 2 heterocycles. The second-order valence-electron chi connectivity index (χ2n) is 5.38. The Labute approximate surface area is 108 Å². The lowest BCUT2D eigenvalue weighted by Gasteiger charge is -2.36. The molecular formula is C15H20N2O. The highest BCUT2D eigenvalue weighted by atomic mass is 16.2. The maximum atomic E-state index is 11.8. The smallest absolute Gasteiger partial charge is 0.222 e. The Hall–Kier alpha value is -1.51. The molecule has 1 aromatic carbocycles. The van der Waals surface area contributed by atoms with E-state index in [1.807, 2.05) is 6.92 Å². The van der Waals surface area contributed by atoms with E-state index in [1.54, 1.807) is 0 Å². The van der Waals surface area contributed by atoms with E-state index in [9.17, 15) is 4.79 Å². The van der Waals surface area contributed by atoms with E-state index in [0.717, 1.165) is 19.5 Å². The van der Waals surface area contributed by atoms with Gasteiger partial charge in [0.25, 0.3) is 0 Å². The molecule has 2 bridgehead atoms. The number of hydrogen-bond acceptors (Lipinski definition) is 2. The van der Waals surface area contributed by atoms with Gasteiger partial charge < -0.3 is 9.80 Å². The van der Waals surface area contributed by atoms with Gasteiger partial charge in [-0.25, -0.2) is 0 Å². The number of aryl methyl sites for hydroxylation is 1. The number of carbonyl (C=O) groups excluding carboxylic acids is 1. The zero-order valence-electron chi connectivity index (χ0n) is 11.1. The number of anilines is 1. The van der Waals surface area contributed by atoms with E-state index < -0.39 is 0 Å². The van der Waals surface area contributed by atoms with Crippen LogP contribution in [-0.2, 0) is 4.79 Å². The zero-order chi connectivity index (χ0) is 12.7. The molecule has 0 radical (unpaired) electrons. The third kappa shape index (κ3) is 1.69. The summed E-state index contributed by atoms with van der Waals surface area (Å²) < 4.78 is 0. The summed E-state index contributed by atoms with van der Waals surface area (Å²) in [6, 6.07) is 9.50. The van der Waals surface area contributed by atoms with Crippen molar-refractivity contribution in [1.82, 2.24) is 4.90 Å². The van der Waals surface area contributed by atoms with Crippen LogP contribution in [0.3, 0.4) is 0 Å². The van der Waals surface area contributed by atoms with E-state index in [0.29, 0.717) is 24.4 Å². The third-order valence-electron chi connectivity index (χ3n) is 4.29. The normalized spacial score (nSPS) is 25.9. The van der Waals surface area contributed by atoms with Gasteiger partial charge in [-0.05, 0) is 25.0 Å². The van der Waals surface area contributed by atoms with Crippen LogP contribution in [0.15, 0.2) is 24.3 Å². The van der Waals surface area contributed by atoms with Crippen LogP contribution in [0.1, 0.15) is 25.3 Å². The summed E-state index contributed by atoms with van der Waals surface area (Å²) in [6.45, 7) is 6.02. The number of amides is 1. The fraction of sp³-hybridized carbons (Fsp3) is 0.533. The van der Waals surface area contributed by atoms with Crippen LogP contribution in [0.2, 0.25) is 0 Å². The standard InChI is InChI=1S/C15H20N2O/c1-3-15(18)17-10-12-8-13(17)9-16(12)14-7-5-4-6-11(14)2/h4-7,12-13H,3,8-10H2,1-2H3/t12-,13-/m0/s1. The third-order valence-corrected chi connectivity index (χ3v) is 4.29. The Balaban J connectivity index is 1.79. The van der Waals surface area contributed by atoms with Gasteiger partial charge in [0.05, 0.1) is 6.04 Å². The largest absolute Gasteiger partial charge is 0.364 e. The van der Waals surface area contributed by atoms with E-state index in [-0.39, 0.29) is 0 Å². The molecule has 2 aliphatic rings. The van der Waals surface area contributed by atoms with Crippen molar-refractivity contribution in [2.24, 2.45) is 0 Å². The quantitative estimate of drug-likeness (QED) is 0.796. The molecule has 0 N–H and O–H groups in total. The molecule has 3 rings (SSSR count). The molecule has 0 saturated carbocycles. The highest BCUT2D eigenvalue weighted by molar-refractivity contribution is 5.77. The van der Waals surface area contributed by atoms with Gasteiger partial charge in [0, 0.05) is 31.2 Å². The minimum absolute atomic E-state index is 0.312. The van der Waals surface area contributed by atoms with E-state index in [1.165, 1.54) is 11.3 Å². The first kappa shape index (κ1) is 11.6. The zero-order valence-corrected chi connectivity index (χ0v) is 11.1. The average molecular weight is 244 g/mol. The molecule has 2 saturated heterocycles. The highest BCUT2D eigenvalue weighted by Gasteiger charge is 2.44. The van der Waals surface area contributed by atoms with Crippen molar-refractivity contribution in [3.05, 3.63) is 29.8 Å². The SMILES string of the molecule is CCC(=O)N1C[C@@H]2C[C@H]1CN2c1ccccc1C. The minimum atomic E-state index is 0.312. The first-order valence-electron chi connectivity index (χ1n) is 6.82. The topological polar surface area (TPSA) is 23.6 Å². The summed E-state index contributed by atoms with van der Waals surface area (Å²) in [5, 5.41) is 0. The maximum Gasteiger partial charge on any atom is 0.222 e. The number of carbonyl (C=O) groups is 1. The van der Waals surface area contributed by atoms with Crippen molar-refractivity contribution in [2.75, 3.05) is 18.0 Å². The van der Waals surface area contributed by atoms with Crippen molar-refractivity contribution in [3.8, 4) is 0 Å². The lowest BCUT2D eigenvalue weighted by Crippen LogP contribution is -2.48. The van der Waals surface area contributed by atoms with Crippen LogP contribution >= 0.6 is 0 Å². The second-order valence-corrected chi connectivity index (χ2v) is 5.38. The number of hydrogen-bond donors (Lipinski definition) is 0. The number of benzene rings is 1. The summed E-state index contributed by atoms with van der Waals surface area (Å²) in [5.41, 5.74) is 2.67. The van der Waals surface area contributed by atoms with Crippen molar-refractivity contribution in [1.29, 1.82) is 0 Å². The fourth-order valence-electron chi connectivity index (χ4n) is 3.36. The molecule has 2 aliphatic heterocycles. The molecule has 96 valence electrons. The number of rotatable bonds is 2. The predicted octanol–water partition coefficient (Wildman–Crippen LogP) is 2.19. The molecule has 3 heteroatoms. The summed E-state index contributed by atoms with van der Waals surface area (Å²) in [6.07, 6.45) is 1.77. The molecular weight excluding hydrogens is 224 g/mol. The highest BCUT2D eigenvalue weighted by Crippen LogP contribution is 2.36. The van der Waals surface area contributed by atoms with Gasteiger partial charge in [-0.1, -0.05) is 25.1 Å². The summed E-state index contributed by atoms with van der Waals surface area (Å²) in [4.78, 5) is 16.4. The van der Waals surface area contributed by atoms with Crippen molar-refractivity contribution in [2.45, 2.75) is 38.8 Å². The molecule has 3 nitrogen and oxygen atoms in total. The first-order chi connectivity index (χ1) is 8.70. The minimum Gasteiger partial charge on any atom is -0.364 e. The Morgan fingerprint density at radius 3 is 2.67 bits per heavy atom. The van der Waals surface area contributed by atoms with Gasteiger partial charge in [-0.2, -0.15) is 0 Å². The van der Waals surface area contributed by atoms with Crippen LogP contribution in [0.25, 0.3) is 0 Å². The van der Waals surface area contributed by atoms with E-state index in [4.69, 9.17) is 0 Å². The number of fused-ring (bicyclic) bond motifs is 2. The Morgan fingerprint density at radius 2 is 2.06 bits per heavy atom. The van der Waals surface area contributed by atoms with Crippen molar-refractivity contribution in [3.63, 3.8) is 0 Å². The Bertz CT molecular complexity index is 471. The molecule has 2 fully saturated rings. The van der Waals surface area contributed by atoms with Gasteiger partial charge in [-0.3, -0.25) is 4.79 Å². The van der Waals surface area contributed by atoms with Crippen LogP contribution in [0.4, 0.5) is 5.69 Å². The summed E-state index contributed by atoms with van der Waals surface area (Å²) in [5.74, 6) is 0.312. The molecule has 0 unspecified atom stereocenters. The van der Waals surface area contributed by atoms with Crippen LogP contribution in [0, 0.1) is 6.92 Å². The first-order valence-corrected chi connectivity index (χ1v) is 6.82. The number of para-hydroxylation sites is 1. The molecule has 1 aromatic rings. The molecule has 0 spiro atoms. The van der Waals surface area contributed by atoms with E-state index >= 15 is 0 Å². The average Bonchev–Trinajstić information content (AvgIpc) is 2.98. The lowest BCUT2D eigenvalue weighted by atomic mass is 10.1. The fourth-order valence-corrected chi connectivity index (χ4v) is 3.36. The van der Waals surface area contributed by atoms with Gasteiger partial charge in [-0.15, -0.1) is 0 Å². The predicted molar refractivity (Wildman–Crippen MR) is 72.7 cm³/mol. The summed E-state index contributed by atoms with van der Waals surface area (Å²) in [7, 11) is 0. The van der Waals surface area contributed by atoms with Crippen LogP contribution in [0.5, 0.6) is 0 Å². The number of piperazine rings is 1. The number of nitrogens with zero attached hydrogens (tertiary/aromatic N) is 2. The molecule has 0 aromatic heterocycles. The van der Waals surface area contributed by atoms with Gasteiger partial charge >= 0.3 is 0 Å². The Kier molecular flexibility index (Phi) is 2.77.